The predicted molar refractivity (Wildman–Crippen MR) is 103 cm³/mol. The third-order valence-electron chi connectivity index (χ3n) is 5.40. The SMILES string of the molecule is C[C@@H]1c2nc(C3CC3)nn2CCN1C(=O)c1cnc(N)nc1-c1ccccc1. The molecule has 1 amide bonds. The first-order valence-electron chi connectivity index (χ1n) is 9.55. The molecule has 1 aromatic carbocycles. The number of aromatic nitrogens is 5. The highest BCUT2D eigenvalue weighted by molar-refractivity contribution is 6.00. The minimum Gasteiger partial charge on any atom is -0.368 e. The zero-order valence-electron chi connectivity index (χ0n) is 15.6. The van der Waals surface area contributed by atoms with Crippen LogP contribution in [0.2, 0.25) is 0 Å². The summed E-state index contributed by atoms with van der Waals surface area (Å²) in [5.41, 5.74) is 7.64. The molecule has 2 aromatic heterocycles. The van der Waals surface area contributed by atoms with Crippen molar-refractivity contribution in [2.45, 2.75) is 38.3 Å². The molecule has 3 aromatic rings. The van der Waals surface area contributed by atoms with Crippen molar-refractivity contribution in [2.24, 2.45) is 0 Å². The van der Waals surface area contributed by atoms with E-state index in [1.54, 1.807) is 0 Å². The second-order valence-corrected chi connectivity index (χ2v) is 7.36. The van der Waals surface area contributed by atoms with Gasteiger partial charge < -0.3 is 10.6 Å². The summed E-state index contributed by atoms with van der Waals surface area (Å²) in [6.45, 7) is 3.20. The van der Waals surface area contributed by atoms with Crippen LogP contribution in [0.3, 0.4) is 0 Å². The van der Waals surface area contributed by atoms with Crippen LogP contribution in [-0.4, -0.2) is 42.1 Å². The van der Waals surface area contributed by atoms with Crippen molar-refractivity contribution < 1.29 is 4.79 Å². The molecule has 5 rings (SSSR count). The first-order valence-corrected chi connectivity index (χ1v) is 9.55. The molecule has 8 nitrogen and oxygen atoms in total. The fourth-order valence-corrected chi connectivity index (χ4v) is 3.70. The van der Waals surface area contributed by atoms with Gasteiger partial charge in [-0.2, -0.15) is 5.10 Å². The Morgan fingerprint density at radius 2 is 1.93 bits per heavy atom. The largest absolute Gasteiger partial charge is 0.368 e. The van der Waals surface area contributed by atoms with Gasteiger partial charge in [-0.1, -0.05) is 30.3 Å². The normalized spacial score (nSPS) is 18.8. The molecule has 1 aliphatic carbocycles. The average Bonchev–Trinajstić information content (AvgIpc) is 3.47. The Balaban J connectivity index is 1.50. The first-order chi connectivity index (χ1) is 13.6. The highest BCUT2D eigenvalue weighted by Crippen LogP contribution is 2.39. The first kappa shape index (κ1) is 16.9. The molecular formula is C20H21N7O. The molecule has 0 spiro atoms. The number of carbonyl (C=O) groups is 1. The number of nitrogens with two attached hydrogens (primary N) is 1. The summed E-state index contributed by atoms with van der Waals surface area (Å²) in [4.78, 5) is 28.4. The maximum absolute atomic E-state index is 13.4. The van der Waals surface area contributed by atoms with E-state index < -0.39 is 0 Å². The number of amides is 1. The summed E-state index contributed by atoms with van der Waals surface area (Å²) >= 11 is 0. The Bertz CT molecular complexity index is 1040. The molecule has 0 unspecified atom stereocenters. The smallest absolute Gasteiger partial charge is 0.258 e. The van der Waals surface area contributed by atoms with Gasteiger partial charge in [-0.25, -0.2) is 19.6 Å². The van der Waals surface area contributed by atoms with Gasteiger partial charge in [0.15, 0.2) is 5.82 Å². The van der Waals surface area contributed by atoms with Crippen molar-refractivity contribution in [2.75, 3.05) is 12.3 Å². The molecule has 1 saturated carbocycles. The van der Waals surface area contributed by atoms with E-state index in [0.717, 1.165) is 30.1 Å². The van der Waals surface area contributed by atoms with Gasteiger partial charge in [-0.3, -0.25) is 4.79 Å². The van der Waals surface area contributed by atoms with Crippen LogP contribution in [0.15, 0.2) is 36.5 Å². The summed E-state index contributed by atoms with van der Waals surface area (Å²) in [6.07, 6.45) is 3.84. The van der Waals surface area contributed by atoms with Crippen molar-refractivity contribution in [1.29, 1.82) is 0 Å². The molecule has 142 valence electrons. The number of fused-ring (bicyclic) bond motifs is 1. The topological polar surface area (TPSA) is 103 Å². The fourth-order valence-electron chi connectivity index (χ4n) is 3.70. The minimum absolute atomic E-state index is 0.117. The van der Waals surface area contributed by atoms with Gasteiger partial charge in [-0.15, -0.1) is 0 Å². The molecule has 0 saturated heterocycles. The number of hydrogen-bond donors (Lipinski definition) is 1. The molecule has 1 aliphatic heterocycles. The van der Waals surface area contributed by atoms with E-state index in [4.69, 9.17) is 10.7 Å². The van der Waals surface area contributed by atoms with Crippen molar-refractivity contribution in [3.05, 3.63) is 53.7 Å². The number of rotatable bonds is 3. The van der Waals surface area contributed by atoms with E-state index in [9.17, 15) is 4.79 Å². The van der Waals surface area contributed by atoms with E-state index in [-0.39, 0.29) is 17.9 Å². The van der Waals surface area contributed by atoms with Crippen LogP contribution in [0.4, 0.5) is 5.95 Å². The van der Waals surface area contributed by atoms with E-state index >= 15 is 0 Å². The number of nitrogen functional groups attached to an aromatic ring is 1. The zero-order valence-corrected chi connectivity index (χ0v) is 15.6. The van der Waals surface area contributed by atoms with Gasteiger partial charge >= 0.3 is 0 Å². The van der Waals surface area contributed by atoms with Crippen LogP contribution >= 0.6 is 0 Å². The predicted octanol–water partition coefficient (Wildman–Crippen LogP) is 2.41. The lowest BCUT2D eigenvalue weighted by Crippen LogP contribution is -2.41. The molecule has 1 atom stereocenters. The second kappa shape index (κ2) is 6.40. The van der Waals surface area contributed by atoms with E-state index in [2.05, 4.69) is 15.1 Å². The Kier molecular flexibility index (Phi) is 3.85. The quantitative estimate of drug-likeness (QED) is 0.754. The summed E-state index contributed by atoms with van der Waals surface area (Å²) in [7, 11) is 0. The number of carbonyl (C=O) groups excluding carboxylic acids is 1. The lowest BCUT2D eigenvalue weighted by atomic mass is 10.0. The van der Waals surface area contributed by atoms with Gasteiger partial charge in [-0.05, 0) is 19.8 Å². The minimum atomic E-state index is -0.164. The van der Waals surface area contributed by atoms with E-state index in [1.165, 1.54) is 6.20 Å². The number of anilines is 1. The third kappa shape index (κ3) is 2.81. The Hall–Kier alpha value is -3.29. The van der Waals surface area contributed by atoms with Gasteiger partial charge in [0.1, 0.15) is 5.82 Å². The van der Waals surface area contributed by atoms with E-state index in [1.807, 2.05) is 46.8 Å². The molecule has 0 radical (unpaired) electrons. The highest BCUT2D eigenvalue weighted by Gasteiger charge is 2.35. The average molecular weight is 375 g/mol. The Labute approximate surface area is 162 Å². The van der Waals surface area contributed by atoms with Crippen LogP contribution in [0, 0.1) is 0 Å². The Morgan fingerprint density at radius 1 is 1.14 bits per heavy atom. The molecule has 1 fully saturated rings. The summed E-state index contributed by atoms with van der Waals surface area (Å²) in [5.74, 6) is 2.28. The third-order valence-corrected chi connectivity index (χ3v) is 5.40. The van der Waals surface area contributed by atoms with Crippen LogP contribution in [0.1, 0.15) is 53.7 Å². The molecule has 28 heavy (non-hydrogen) atoms. The maximum atomic E-state index is 13.4. The summed E-state index contributed by atoms with van der Waals surface area (Å²) in [5, 5.41) is 4.63. The van der Waals surface area contributed by atoms with Crippen molar-refractivity contribution in [3.8, 4) is 11.3 Å². The molecule has 0 bridgehead atoms. The Morgan fingerprint density at radius 3 is 2.68 bits per heavy atom. The number of nitrogens with zero attached hydrogens (tertiary/aromatic N) is 6. The van der Waals surface area contributed by atoms with Crippen molar-refractivity contribution in [3.63, 3.8) is 0 Å². The van der Waals surface area contributed by atoms with Crippen molar-refractivity contribution in [1.82, 2.24) is 29.6 Å². The molecular weight excluding hydrogens is 354 g/mol. The van der Waals surface area contributed by atoms with Crippen LogP contribution in [-0.2, 0) is 6.54 Å². The lowest BCUT2D eigenvalue weighted by molar-refractivity contribution is 0.0631. The van der Waals surface area contributed by atoms with Gasteiger partial charge in [0.2, 0.25) is 5.95 Å². The van der Waals surface area contributed by atoms with Gasteiger partial charge in [0.05, 0.1) is 23.8 Å². The second-order valence-electron chi connectivity index (χ2n) is 7.36. The van der Waals surface area contributed by atoms with Crippen molar-refractivity contribution >= 4 is 11.9 Å². The van der Waals surface area contributed by atoms with Gasteiger partial charge in [0, 0.05) is 24.2 Å². The number of benzene rings is 1. The summed E-state index contributed by atoms with van der Waals surface area (Å²) in [6, 6.07) is 9.41. The molecule has 8 heteroatoms. The van der Waals surface area contributed by atoms with Crippen LogP contribution in [0.25, 0.3) is 11.3 Å². The standard InChI is InChI=1S/C20H21N7O/c1-12-18-24-17(14-7-8-14)25-27(18)10-9-26(12)19(28)15-11-22-20(21)23-16(15)13-5-3-2-4-6-13/h2-6,11-12,14H,7-10H2,1H3,(H2,21,22,23)/t12-/m1/s1. The van der Waals surface area contributed by atoms with Crippen LogP contribution < -0.4 is 5.73 Å². The maximum Gasteiger partial charge on any atom is 0.258 e. The van der Waals surface area contributed by atoms with E-state index in [0.29, 0.717) is 30.3 Å². The lowest BCUT2D eigenvalue weighted by Gasteiger charge is -2.33. The molecule has 2 N–H and O–H groups in total. The van der Waals surface area contributed by atoms with Gasteiger partial charge in [0.25, 0.3) is 5.91 Å². The number of hydrogen-bond acceptors (Lipinski definition) is 6. The van der Waals surface area contributed by atoms with Crippen LogP contribution in [0.5, 0.6) is 0 Å². The molecule has 3 heterocycles. The molecule has 2 aliphatic rings. The monoisotopic (exact) mass is 375 g/mol. The summed E-state index contributed by atoms with van der Waals surface area (Å²) < 4.78 is 1.94. The fraction of sp³-hybridized carbons (Fsp3) is 0.350. The zero-order chi connectivity index (χ0) is 19.3. The highest BCUT2D eigenvalue weighted by atomic mass is 16.2.